The first-order valence-corrected chi connectivity index (χ1v) is 5.66. The maximum Gasteiger partial charge on any atom is 0.256 e. The number of pyridine rings is 1. The first-order valence-electron chi connectivity index (χ1n) is 5.66. The van der Waals surface area contributed by atoms with Crippen molar-refractivity contribution < 1.29 is 4.39 Å². The monoisotopic (exact) mass is 242 g/mol. The van der Waals surface area contributed by atoms with Gasteiger partial charge in [-0.2, -0.15) is 0 Å². The normalized spacial score (nSPS) is 10.9. The molecule has 0 aliphatic heterocycles. The predicted octanol–water partition coefficient (Wildman–Crippen LogP) is 2.36. The molecule has 0 amide bonds. The van der Waals surface area contributed by atoms with Crippen LogP contribution in [0.4, 0.5) is 4.39 Å². The number of benzene rings is 1. The fourth-order valence-electron chi connectivity index (χ4n) is 2.00. The van der Waals surface area contributed by atoms with Crippen molar-refractivity contribution in [3.8, 4) is 0 Å². The summed E-state index contributed by atoms with van der Waals surface area (Å²) in [5, 5.41) is 0. The molecular weight excluding hydrogens is 231 g/mol. The molecule has 2 aromatic heterocycles. The molecule has 3 nitrogen and oxygen atoms in total. The minimum Gasteiger partial charge on any atom is -0.343 e. The van der Waals surface area contributed by atoms with Crippen LogP contribution >= 0.6 is 0 Å². The van der Waals surface area contributed by atoms with E-state index in [1.165, 1.54) is 18.2 Å². The second-order valence-corrected chi connectivity index (χ2v) is 4.20. The molecular formula is C14H11FN2O. The lowest BCUT2D eigenvalue weighted by molar-refractivity contribution is 0.627. The molecule has 18 heavy (non-hydrogen) atoms. The smallest absolute Gasteiger partial charge is 0.256 e. The van der Waals surface area contributed by atoms with Crippen molar-refractivity contribution in [1.29, 1.82) is 0 Å². The average Bonchev–Trinajstić information content (AvgIpc) is 2.76. The maximum absolute atomic E-state index is 12.8. The van der Waals surface area contributed by atoms with E-state index in [2.05, 4.69) is 4.98 Å². The lowest BCUT2D eigenvalue weighted by atomic mass is 10.1. The fourth-order valence-corrected chi connectivity index (χ4v) is 2.00. The van der Waals surface area contributed by atoms with Crippen LogP contribution in [-0.4, -0.2) is 9.38 Å². The molecule has 3 rings (SSSR count). The van der Waals surface area contributed by atoms with Gasteiger partial charge in [0.25, 0.3) is 5.56 Å². The van der Waals surface area contributed by atoms with Gasteiger partial charge in [0.1, 0.15) is 11.5 Å². The van der Waals surface area contributed by atoms with Crippen molar-refractivity contribution in [2.45, 2.75) is 6.42 Å². The van der Waals surface area contributed by atoms with Gasteiger partial charge in [-0.3, -0.25) is 9.20 Å². The molecule has 1 aromatic carbocycles. The number of hydrogen-bond acceptors (Lipinski definition) is 1. The quantitative estimate of drug-likeness (QED) is 0.736. The molecule has 0 radical (unpaired) electrons. The fraction of sp³-hybridized carbons (Fsp3) is 0.0714. The molecule has 0 atom stereocenters. The van der Waals surface area contributed by atoms with Crippen molar-refractivity contribution in [3.05, 3.63) is 76.1 Å². The molecule has 0 aliphatic carbocycles. The summed E-state index contributed by atoms with van der Waals surface area (Å²) in [4.78, 5) is 14.8. The van der Waals surface area contributed by atoms with Gasteiger partial charge in [0.15, 0.2) is 0 Å². The first kappa shape index (κ1) is 10.8. The summed E-state index contributed by atoms with van der Waals surface area (Å²) in [5.41, 5.74) is 2.62. The third kappa shape index (κ3) is 1.93. The lowest BCUT2D eigenvalue weighted by Gasteiger charge is -1.97. The van der Waals surface area contributed by atoms with Crippen LogP contribution in [0.25, 0.3) is 5.65 Å². The Labute approximate surface area is 103 Å². The van der Waals surface area contributed by atoms with Gasteiger partial charge in [-0.05, 0) is 23.8 Å². The topological polar surface area (TPSA) is 37.3 Å². The molecule has 2 heterocycles. The Hall–Kier alpha value is -2.36. The number of aromatic amines is 1. The Morgan fingerprint density at radius 1 is 1.11 bits per heavy atom. The number of halogens is 1. The number of nitrogens with zero attached hydrogens (tertiary/aromatic N) is 1. The summed E-state index contributed by atoms with van der Waals surface area (Å²) in [6, 6.07) is 11.4. The van der Waals surface area contributed by atoms with E-state index in [1.807, 2.05) is 6.07 Å². The van der Waals surface area contributed by atoms with Crippen molar-refractivity contribution in [1.82, 2.24) is 9.38 Å². The summed E-state index contributed by atoms with van der Waals surface area (Å²) in [7, 11) is 0. The molecule has 0 saturated carbocycles. The van der Waals surface area contributed by atoms with E-state index in [4.69, 9.17) is 0 Å². The van der Waals surface area contributed by atoms with E-state index in [9.17, 15) is 9.18 Å². The van der Waals surface area contributed by atoms with E-state index >= 15 is 0 Å². The zero-order valence-electron chi connectivity index (χ0n) is 9.56. The van der Waals surface area contributed by atoms with Gasteiger partial charge in [0.05, 0.1) is 0 Å². The Balaban J connectivity index is 1.98. The van der Waals surface area contributed by atoms with Crippen molar-refractivity contribution in [2.24, 2.45) is 0 Å². The van der Waals surface area contributed by atoms with E-state index in [0.717, 1.165) is 16.9 Å². The van der Waals surface area contributed by atoms with Crippen LogP contribution in [0.1, 0.15) is 11.3 Å². The number of rotatable bonds is 2. The van der Waals surface area contributed by atoms with Crippen molar-refractivity contribution in [3.63, 3.8) is 0 Å². The van der Waals surface area contributed by atoms with Gasteiger partial charge in [0.2, 0.25) is 0 Å². The zero-order valence-corrected chi connectivity index (χ0v) is 9.56. The molecule has 0 saturated heterocycles. The summed E-state index contributed by atoms with van der Waals surface area (Å²) in [6.45, 7) is 0. The minimum absolute atomic E-state index is 0.0610. The van der Waals surface area contributed by atoms with E-state index in [1.54, 1.807) is 28.8 Å². The van der Waals surface area contributed by atoms with E-state index in [0.29, 0.717) is 6.42 Å². The summed E-state index contributed by atoms with van der Waals surface area (Å²) in [6.07, 6.45) is 2.42. The van der Waals surface area contributed by atoms with Crippen LogP contribution in [0.5, 0.6) is 0 Å². The summed E-state index contributed by atoms with van der Waals surface area (Å²) in [5.74, 6) is -0.244. The number of imidazole rings is 1. The zero-order chi connectivity index (χ0) is 12.5. The Morgan fingerprint density at radius 3 is 2.61 bits per heavy atom. The predicted molar refractivity (Wildman–Crippen MR) is 67.2 cm³/mol. The molecule has 0 fully saturated rings. The highest BCUT2D eigenvalue weighted by Gasteiger charge is 2.03. The highest BCUT2D eigenvalue weighted by atomic mass is 19.1. The van der Waals surface area contributed by atoms with Crippen molar-refractivity contribution in [2.75, 3.05) is 0 Å². The number of aromatic nitrogens is 2. The summed E-state index contributed by atoms with van der Waals surface area (Å²) >= 11 is 0. The first-order chi connectivity index (χ1) is 8.72. The Bertz CT molecular complexity index is 740. The molecule has 0 bridgehead atoms. The Morgan fingerprint density at radius 2 is 1.89 bits per heavy atom. The highest BCUT2D eigenvalue weighted by Crippen LogP contribution is 2.10. The molecule has 90 valence electrons. The highest BCUT2D eigenvalue weighted by molar-refractivity contribution is 5.40. The van der Waals surface area contributed by atoms with Gasteiger partial charge >= 0.3 is 0 Å². The van der Waals surface area contributed by atoms with Crippen LogP contribution < -0.4 is 5.56 Å². The average molecular weight is 242 g/mol. The molecule has 0 aliphatic rings. The number of nitrogens with one attached hydrogen (secondary N) is 1. The van der Waals surface area contributed by atoms with Gasteiger partial charge in [-0.15, -0.1) is 0 Å². The number of fused-ring (bicyclic) bond motifs is 1. The molecule has 1 N–H and O–H groups in total. The van der Waals surface area contributed by atoms with Gasteiger partial charge < -0.3 is 4.98 Å². The minimum atomic E-state index is -0.244. The van der Waals surface area contributed by atoms with Gasteiger partial charge in [-0.25, -0.2) is 4.39 Å². The summed E-state index contributed by atoms with van der Waals surface area (Å²) < 4.78 is 14.4. The largest absolute Gasteiger partial charge is 0.343 e. The maximum atomic E-state index is 12.8. The van der Waals surface area contributed by atoms with E-state index in [-0.39, 0.29) is 11.4 Å². The molecule has 0 unspecified atom stereocenters. The molecule has 3 aromatic rings. The third-order valence-electron chi connectivity index (χ3n) is 2.87. The second-order valence-electron chi connectivity index (χ2n) is 4.20. The van der Waals surface area contributed by atoms with Crippen molar-refractivity contribution >= 4 is 5.65 Å². The third-order valence-corrected chi connectivity index (χ3v) is 2.87. The van der Waals surface area contributed by atoms with Crippen LogP contribution in [0.2, 0.25) is 0 Å². The van der Waals surface area contributed by atoms with Crippen LogP contribution in [0.15, 0.2) is 53.5 Å². The van der Waals surface area contributed by atoms with E-state index < -0.39 is 0 Å². The van der Waals surface area contributed by atoms with Gasteiger partial charge in [0, 0.05) is 24.4 Å². The Kier molecular flexibility index (Phi) is 2.48. The van der Waals surface area contributed by atoms with Crippen LogP contribution in [-0.2, 0) is 6.42 Å². The second kappa shape index (κ2) is 4.14. The number of H-pyrrole nitrogens is 1. The lowest BCUT2D eigenvalue weighted by Crippen LogP contribution is -2.08. The molecule has 0 spiro atoms. The van der Waals surface area contributed by atoms with Crippen LogP contribution in [0.3, 0.4) is 0 Å². The van der Waals surface area contributed by atoms with Gasteiger partial charge in [-0.1, -0.05) is 18.2 Å². The van der Waals surface area contributed by atoms with Crippen LogP contribution in [0, 0.1) is 5.82 Å². The number of hydrogen-bond donors (Lipinski definition) is 1. The molecule has 4 heteroatoms. The standard InChI is InChI=1S/C14H11FN2O/c15-11-6-4-10(5-7-11)8-12-9-17-13(16-12)2-1-3-14(17)18/h1-7,9,16H,8H2. The SMILES string of the molecule is O=c1cccc2[nH]c(Cc3ccc(F)cc3)cn12.